The standard InChI is InChI=1S/C10H19NO2/c1-9(2,3)13-8(12)10(4)6-5-7-11-10/h11H,5-7H2,1-4H3/t10-/m1/s1. The molecule has 0 spiro atoms. The molecular formula is C10H19NO2. The third-order valence-corrected chi connectivity index (χ3v) is 2.22. The molecule has 1 heterocycles. The van der Waals surface area contributed by atoms with Crippen LogP contribution in [0.1, 0.15) is 40.5 Å². The molecule has 1 atom stereocenters. The van der Waals surface area contributed by atoms with Gasteiger partial charge in [0.2, 0.25) is 0 Å². The molecule has 13 heavy (non-hydrogen) atoms. The molecule has 0 aromatic carbocycles. The SMILES string of the molecule is CC(C)(C)OC(=O)[C@@]1(C)CCCN1. The minimum absolute atomic E-state index is 0.127. The molecule has 1 saturated heterocycles. The van der Waals surface area contributed by atoms with E-state index < -0.39 is 5.54 Å². The number of carbonyl (C=O) groups is 1. The van der Waals surface area contributed by atoms with Crippen molar-refractivity contribution in [2.24, 2.45) is 0 Å². The number of nitrogens with one attached hydrogen (secondary N) is 1. The van der Waals surface area contributed by atoms with Crippen LogP contribution >= 0.6 is 0 Å². The molecule has 76 valence electrons. The van der Waals surface area contributed by atoms with E-state index in [1.54, 1.807) is 0 Å². The summed E-state index contributed by atoms with van der Waals surface area (Å²) in [5.41, 5.74) is -0.836. The maximum absolute atomic E-state index is 11.7. The number of ether oxygens (including phenoxy) is 1. The highest BCUT2D eigenvalue weighted by Crippen LogP contribution is 2.22. The zero-order chi connectivity index (χ0) is 10.1. The van der Waals surface area contributed by atoms with Crippen molar-refractivity contribution in [2.75, 3.05) is 6.54 Å². The van der Waals surface area contributed by atoms with Gasteiger partial charge in [-0.1, -0.05) is 0 Å². The predicted octanol–water partition coefficient (Wildman–Crippen LogP) is 1.47. The van der Waals surface area contributed by atoms with Crippen LogP contribution in [0.25, 0.3) is 0 Å². The molecule has 0 bridgehead atoms. The van der Waals surface area contributed by atoms with Gasteiger partial charge < -0.3 is 10.1 Å². The molecule has 0 aromatic rings. The monoisotopic (exact) mass is 185 g/mol. The fourth-order valence-corrected chi connectivity index (χ4v) is 1.46. The van der Waals surface area contributed by atoms with Gasteiger partial charge in [0, 0.05) is 0 Å². The van der Waals surface area contributed by atoms with Gasteiger partial charge in [0.15, 0.2) is 0 Å². The average Bonchev–Trinajstić information content (AvgIpc) is 2.33. The molecule has 0 amide bonds. The topological polar surface area (TPSA) is 38.3 Å². The van der Waals surface area contributed by atoms with E-state index in [1.165, 1.54) is 0 Å². The van der Waals surface area contributed by atoms with Crippen LogP contribution in [-0.2, 0) is 9.53 Å². The van der Waals surface area contributed by atoms with E-state index in [0.717, 1.165) is 19.4 Å². The number of hydrogen-bond donors (Lipinski definition) is 1. The second kappa shape index (κ2) is 3.29. The fourth-order valence-electron chi connectivity index (χ4n) is 1.46. The Bertz CT molecular complexity index is 199. The largest absolute Gasteiger partial charge is 0.459 e. The van der Waals surface area contributed by atoms with Crippen LogP contribution in [0.2, 0.25) is 0 Å². The van der Waals surface area contributed by atoms with E-state index in [1.807, 2.05) is 27.7 Å². The van der Waals surface area contributed by atoms with E-state index >= 15 is 0 Å². The molecule has 3 heteroatoms. The second-order valence-corrected chi connectivity index (χ2v) is 4.86. The van der Waals surface area contributed by atoms with Crippen LogP contribution in [0, 0.1) is 0 Å². The quantitative estimate of drug-likeness (QED) is 0.629. The first-order valence-corrected chi connectivity index (χ1v) is 4.82. The van der Waals surface area contributed by atoms with Crippen LogP contribution in [0.3, 0.4) is 0 Å². The molecule has 0 unspecified atom stereocenters. The van der Waals surface area contributed by atoms with Gasteiger partial charge in [-0.3, -0.25) is 4.79 Å². The molecule has 0 aromatic heterocycles. The van der Waals surface area contributed by atoms with Crippen LogP contribution in [0.15, 0.2) is 0 Å². The highest BCUT2D eigenvalue weighted by molar-refractivity contribution is 5.81. The van der Waals surface area contributed by atoms with Crippen molar-refractivity contribution >= 4 is 5.97 Å². The van der Waals surface area contributed by atoms with Gasteiger partial charge in [-0.25, -0.2) is 0 Å². The molecule has 1 N–H and O–H groups in total. The summed E-state index contributed by atoms with van der Waals surface area (Å²) in [5, 5.41) is 3.18. The van der Waals surface area contributed by atoms with Crippen molar-refractivity contribution in [3.05, 3.63) is 0 Å². The van der Waals surface area contributed by atoms with E-state index in [9.17, 15) is 4.79 Å². The Labute approximate surface area is 79.8 Å². The van der Waals surface area contributed by atoms with E-state index in [4.69, 9.17) is 4.74 Å². The third kappa shape index (κ3) is 2.69. The predicted molar refractivity (Wildman–Crippen MR) is 51.5 cm³/mol. The Balaban J connectivity index is 2.57. The summed E-state index contributed by atoms with van der Waals surface area (Å²) in [4.78, 5) is 11.7. The summed E-state index contributed by atoms with van der Waals surface area (Å²) in [6, 6.07) is 0. The van der Waals surface area contributed by atoms with E-state index in [-0.39, 0.29) is 11.6 Å². The van der Waals surface area contributed by atoms with Crippen molar-refractivity contribution < 1.29 is 9.53 Å². The zero-order valence-electron chi connectivity index (χ0n) is 8.94. The van der Waals surface area contributed by atoms with Gasteiger partial charge in [-0.05, 0) is 47.1 Å². The molecule has 1 aliphatic rings. The van der Waals surface area contributed by atoms with Crippen molar-refractivity contribution in [2.45, 2.75) is 51.7 Å². The van der Waals surface area contributed by atoms with Crippen molar-refractivity contribution in [3.8, 4) is 0 Å². The number of rotatable bonds is 1. The van der Waals surface area contributed by atoms with Crippen molar-refractivity contribution in [3.63, 3.8) is 0 Å². The smallest absolute Gasteiger partial charge is 0.326 e. The van der Waals surface area contributed by atoms with E-state index in [2.05, 4.69) is 5.32 Å². The van der Waals surface area contributed by atoms with Gasteiger partial charge in [0.05, 0.1) is 0 Å². The minimum atomic E-state index is -0.451. The first kappa shape index (κ1) is 10.5. The van der Waals surface area contributed by atoms with Gasteiger partial charge in [0.25, 0.3) is 0 Å². The van der Waals surface area contributed by atoms with Crippen LogP contribution < -0.4 is 5.32 Å². The Morgan fingerprint density at radius 3 is 2.46 bits per heavy atom. The highest BCUT2D eigenvalue weighted by Gasteiger charge is 2.39. The van der Waals surface area contributed by atoms with Crippen LogP contribution in [0.5, 0.6) is 0 Å². The lowest BCUT2D eigenvalue weighted by atomic mass is 10.0. The summed E-state index contributed by atoms with van der Waals surface area (Å²) in [5.74, 6) is -0.127. The number of carbonyl (C=O) groups excluding carboxylic acids is 1. The van der Waals surface area contributed by atoms with Crippen LogP contribution in [-0.4, -0.2) is 23.7 Å². The Kier molecular flexibility index (Phi) is 2.66. The molecule has 1 fully saturated rings. The molecular weight excluding hydrogens is 166 g/mol. The van der Waals surface area contributed by atoms with Crippen molar-refractivity contribution in [1.29, 1.82) is 0 Å². The summed E-state index contributed by atoms with van der Waals surface area (Å²) in [7, 11) is 0. The molecule has 1 aliphatic heterocycles. The maximum Gasteiger partial charge on any atom is 0.326 e. The molecule has 0 radical (unpaired) electrons. The van der Waals surface area contributed by atoms with E-state index in [0.29, 0.717) is 0 Å². The lowest BCUT2D eigenvalue weighted by molar-refractivity contribution is -0.161. The first-order chi connectivity index (χ1) is 5.83. The summed E-state index contributed by atoms with van der Waals surface area (Å²) in [6.45, 7) is 8.50. The average molecular weight is 185 g/mol. The number of esters is 1. The molecule has 0 saturated carbocycles. The first-order valence-electron chi connectivity index (χ1n) is 4.82. The van der Waals surface area contributed by atoms with Gasteiger partial charge >= 0.3 is 5.97 Å². The lowest BCUT2D eigenvalue weighted by Gasteiger charge is -2.28. The lowest BCUT2D eigenvalue weighted by Crippen LogP contribution is -2.48. The summed E-state index contributed by atoms with van der Waals surface area (Å²) in [6.07, 6.45) is 1.93. The minimum Gasteiger partial charge on any atom is -0.459 e. The highest BCUT2D eigenvalue weighted by atomic mass is 16.6. The molecule has 1 rings (SSSR count). The summed E-state index contributed by atoms with van der Waals surface area (Å²) < 4.78 is 5.32. The Hall–Kier alpha value is -0.570. The molecule has 0 aliphatic carbocycles. The maximum atomic E-state index is 11.7. The van der Waals surface area contributed by atoms with Gasteiger partial charge in [0.1, 0.15) is 11.1 Å². The normalized spacial score (nSPS) is 28.9. The Morgan fingerprint density at radius 2 is 2.08 bits per heavy atom. The van der Waals surface area contributed by atoms with Crippen LogP contribution in [0.4, 0.5) is 0 Å². The fraction of sp³-hybridized carbons (Fsp3) is 0.900. The zero-order valence-corrected chi connectivity index (χ0v) is 8.94. The van der Waals surface area contributed by atoms with Gasteiger partial charge in [-0.2, -0.15) is 0 Å². The van der Waals surface area contributed by atoms with Crippen molar-refractivity contribution in [1.82, 2.24) is 5.32 Å². The molecule has 3 nitrogen and oxygen atoms in total. The Morgan fingerprint density at radius 1 is 1.46 bits per heavy atom. The van der Waals surface area contributed by atoms with Gasteiger partial charge in [-0.15, -0.1) is 0 Å². The third-order valence-electron chi connectivity index (χ3n) is 2.22. The summed E-state index contributed by atoms with van der Waals surface area (Å²) >= 11 is 0. The number of hydrogen-bond acceptors (Lipinski definition) is 3. The second-order valence-electron chi connectivity index (χ2n) is 4.86.